The average molecular weight is 501 g/mol. The summed E-state index contributed by atoms with van der Waals surface area (Å²) in [6.45, 7) is 6.70. The van der Waals surface area contributed by atoms with Crippen LogP contribution in [0, 0.1) is 0 Å². The maximum absolute atomic E-state index is 12.6. The SMILES string of the molecule is CC(C)(C)OC(=O)N1CCC(c2ccc(C(N)=O)c(-c3ccc(C(=O)Nc4ccccc4)cc3)n2)CC1. The number of nitrogens with zero attached hydrogens (tertiary/aromatic N) is 2. The number of likely N-dealkylation sites (tertiary alicyclic amines) is 1. The van der Waals surface area contributed by atoms with Crippen LogP contribution in [0.5, 0.6) is 0 Å². The predicted octanol–water partition coefficient (Wildman–Crippen LogP) is 5.21. The van der Waals surface area contributed by atoms with E-state index in [-0.39, 0.29) is 17.9 Å². The van der Waals surface area contributed by atoms with E-state index in [0.29, 0.717) is 41.2 Å². The molecule has 1 fully saturated rings. The zero-order valence-corrected chi connectivity index (χ0v) is 21.4. The van der Waals surface area contributed by atoms with Crippen LogP contribution in [0.15, 0.2) is 66.7 Å². The van der Waals surface area contributed by atoms with Crippen molar-refractivity contribution in [3.8, 4) is 11.3 Å². The van der Waals surface area contributed by atoms with Crippen LogP contribution in [0.25, 0.3) is 11.3 Å². The molecular weight excluding hydrogens is 468 g/mol. The van der Waals surface area contributed by atoms with E-state index in [9.17, 15) is 14.4 Å². The number of hydrogen-bond acceptors (Lipinski definition) is 5. The van der Waals surface area contributed by atoms with E-state index in [4.69, 9.17) is 15.5 Å². The fourth-order valence-corrected chi connectivity index (χ4v) is 4.31. The summed E-state index contributed by atoms with van der Waals surface area (Å²) < 4.78 is 5.49. The molecule has 1 saturated heterocycles. The molecule has 3 amide bonds. The highest BCUT2D eigenvalue weighted by atomic mass is 16.6. The van der Waals surface area contributed by atoms with Crippen molar-refractivity contribution in [2.45, 2.75) is 45.1 Å². The number of nitrogens with one attached hydrogen (secondary N) is 1. The van der Waals surface area contributed by atoms with Crippen molar-refractivity contribution in [2.75, 3.05) is 18.4 Å². The summed E-state index contributed by atoms with van der Waals surface area (Å²) in [6.07, 6.45) is 1.17. The number of benzene rings is 2. The van der Waals surface area contributed by atoms with Crippen LogP contribution in [-0.4, -0.2) is 46.5 Å². The highest BCUT2D eigenvalue weighted by Crippen LogP contribution is 2.31. The number of primary amides is 1. The van der Waals surface area contributed by atoms with Gasteiger partial charge in [0, 0.05) is 41.5 Å². The first-order chi connectivity index (χ1) is 17.6. The minimum atomic E-state index is -0.570. The topological polar surface area (TPSA) is 115 Å². The molecule has 1 aliphatic heterocycles. The van der Waals surface area contributed by atoms with Gasteiger partial charge in [-0.2, -0.15) is 0 Å². The Hall–Kier alpha value is -4.20. The molecule has 2 aromatic carbocycles. The van der Waals surface area contributed by atoms with Crippen molar-refractivity contribution in [2.24, 2.45) is 5.73 Å². The number of hydrogen-bond donors (Lipinski definition) is 2. The third kappa shape index (κ3) is 6.52. The van der Waals surface area contributed by atoms with Crippen LogP contribution in [0.1, 0.15) is 65.9 Å². The van der Waals surface area contributed by atoms with Crippen molar-refractivity contribution in [3.05, 3.63) is 83.6 Å². The molecule has 192 valence electrons. The quantitative estimate of drug-likeness (QED) is 0.499. The molecule has 2 heterocycles. The van der Waals surface area contributed by atoms with Gasteiger partial charge in [-0.1, -0.05) is 30.3 Å². The van der Waals surface area contributed by atoms with E-state index in [2.05, 4.69) is 5.32 Å². The summed E-state index contributed by atoms with van der Waals surface area (Å²) in [5.41, 5.74) is 8.64. The normalized spacial score (nSPS) is 14.2. The van der Waals surface area contributed by atoms with E-state index in [1.165, 1.54) is 0 Å². The Morgan fingerprint density at radius 1 is 0.946 bits per heavy atom. The van der Waals surface area contributed by atoms with Crippen molar-refractivity contribution in [1.29, 1.82) is 0 Å². The van der Waals surface area contributed by atoms with Crippen molar-refractivity contribution in [1.82, 2.24) is 9.88 Å². The predicted molar refractivity (Wildman–Crippen MR) is 142 cm³/mol. The first kappa shape index (κ1) is 25.9. The van der Waals surface area contributed by atoms with Gasteiger partial charge >= 0.3 is 6.09 Å². The second-order valence-corrected chi connectivity index (χ2v) is 10.1. The molecule has 8 heteroatoms. The Morgan fingerprint density at radius 3 is 2.19 bits per heavy atom. The summed E-state index contributed by atoms with van der Waals surface area (Å²) >= 11 is 0. The largest absolute Gasteiger partial charge is 0.444 e. The first-order valence-electron chi connectivity index (χ1n) is 12.4. The molecule has 8 nitrogen and oxygen atoms in total. The molecule has 0 atom stereocenters. The van der Waals surface area contributed by atoms with Crippen LogP contribution < -0.4 is 11.1 Å². The van der Waals surface area contributed by atoms with Crippen LogP contribution >= 0.6 is 0 Å². The molecule has 0 bridgehead atoms. The zero-order valence-electron chi connectivity index (χ0n) is 21.4. The van der Waals surface area contributed by atoms with Gasteiger partial charge in [0.25, 0.3) is 11.8 Å². The highest BCUT2D eigenvalue weighted by Gasteiger charge is 2.28. The molecule has 4 rings (SSSR count). The third-order valence-electron chi connectivity index (χ3n) is 6.20. The van der Waals surface area contributed by atoms with Gasteiger partial charge in [0.2, 0.25) is 0 Å². The van der Waals surface area contributed by atoms with Gasteiger partial charge < -0.3 is 20.7 Å². The summed E-state index contributed by atoms with van der Waals surface area (Å²) in [7, 11) is 0. The molecule has 37 heavy (non-hydrogen) atoms. The number of aromatic nitrogens is 1. The molecule has 0 saturated carbocycles. The van der Waals surface area contributed by atoms with Gasteiger partial charge in [-0.05, 0) is 70.0 Å². The number of amides is 3. The average Bonchev–Trinajstić information content (AvgIpc) is 2.88. The zero-order chi connectivity index (χ0) is 26.6. The van der Waals surface area contributed by atoms with Crippen LogP contribution in [-0.2, 0) is 4.74 Å². The lowest BCUT2D eigenvalue weighted by molar-refractivity contribution is 0.0204. The number of para-hydroxylation sites is 1. The summed E-state index contributed by atoms with van der Waals surface area (Å²) in [5.74, 6) is -0.665. The molecular formula is C29H32N4O4. The van der Waals surface area contributed by atoms with E-state index in [1.807, 2.05) is 57.2 Å². The minimum absolute atomic E-state index is 0.135. The molecule has 0 radical (unpaired) electrons. The van der Waals surface area contributed by atoms with Crippen LogP contribution in [0.4, 0.5) is 10.5 Å². The van der Waals surface area contributed by atoms with Gasteiger partial charge in [-0.15, -0.1) is 0 Å². The highest BCUT2D eigenvalue weighted by molar-refractivity contribution is 6.04. The van der Waals surface area contributed by atoms with Crippen molar-refractivity contribution < 1.29 is 19.1 Å². The molecule has 0 aliphatic carbocycles. The lowest BCUT2D eigenvalue weighted by Crippen LogP contribution is -2.41. The Bertz CT molecular complexity index is 1280. The number of carbonyl (C=O) groups is 3. The van der Waals surface area contributed by atoms with Gasteiger partial charge in [0.05, 0.1) is 11.3 Å². The number of rotatable bonds is 5. The van der Waals surface area contributed by atoms with Gasteiger partial charge in [0.15, 0.2) is 0 Å². The monoisotopic (exact) mass is 500 g/mol. The fraction of sp³-hybridized carbons (Fsp3) is 0.310. The second kappa shape index (κ2) is 10.8. The molecule has 3 aromatic rings. The van der Waals surface area contributed by atoms with E-state index in [0.717, 1.165) is 18.5 Å². The Balaban J connectivity index is 1.50. The minimum Gasteiger partial charge on any atom is -0.444 e. The van der Waals surface area contributed by atoms with Gasteiger partial charge in [0.1, 0.15) is 5.60 Å². The van der Waals surface area contributed by atoms with Gasteiger partial charge in [-0.25, -0.2) is 4.79 Å². The molecule has 0 spiro atoms. The smallest absolute Gasteiger partial charge is 0.410 e. The lowest BCUT2D eigenvalue weighted by atomic mass is 9.92. The summed E-state index contributed by atoms with van der Waals surface area (Å²) in [5, 5.41) is 2.86. The number of anilines is 1. The van der Waals surface area contributed by atoms with Crippen molar-refractivity contribution >= 4 is 23.6 Å². The van der Waals surface area contributed by atoms with E-state index >= 15 is 0 Å². The maximum Gasteiger partial charge on any atom is 0.410 e. The van der Waals surface area contributed by atoms with Crippen LogP contribution in [0.2, 0.25) is 0 Å². The number of nitrogens with two attached hydrogens (primary N) is 1. The summed E-state index contributed by atoms with van der Waals surface area (Å²) in [6, 6.07) is 19.7. The number of piperidine rings is 1. The Labute approximate surface area is 216 Å². The van der Waals surface area contributed by atoms with Gasteiger partial charge in [-0.3, -0.25) is 14.6 Å². The van der Waals surface area contributed by atoms with Crippen LogP contribution in [0.3, 0.4) is 0 Å². The molecule has 0 unspecified atom stereocenters. The molecule has 3 N–H and O–H groups in total. The maximum atomic E-state index is 12.6. The third-order valence-corrected chi connectivity index (χ3v) is 6.20. The lowest BCUT2D eigenvalue weighted by Gasteiger charge is -2.33. The standard InChI is InChI=1S/C29H32N4O4/c1-29(2,3)37-28(36)33-17-15-19(16-18-33)24-14-13-23(26(30)34)25(32-24)20-9-11-21(12-10-20)27(35)31-22-7-5-4-6-8-22/h4-14,19H,15-18H2,1-3H3,(H2,30,34)(H,31,35). The summed E-state index contributed by atoms with van der Waals surface area (Å²) in [4.78, 5) is 43.7. The number of pyridine rings is 1. The Kier molecular flexibility index (Phi) is 7.57. The number of carbonyl (C=O) groups excluding carboxylic acids is 3. The first-order valence-corrected chi connectivity index (χ1v) is 12.4. The number of ether oxygens (including phenoxy) is 1. The molecule has 1 aromatic heterocycles. The second-order valence-electron chi connectivity index (χ2n) is 10.1. The molecule has 1 aliphatic rings. The Morgan fingerprint density at radius 2 is 1.59 bits per heavy atom. The fourth-order valence-electron chi connectivity index (χ4n) is 4.31. The van der Waals surface area contributed by atoms with E-state index < -0.39 is 11.5 Å². The van der Waals surface area contributed by atoms with E-state index in [1.54, 1.807) is 35.2 Å². The van der Waals surface area contributed by atoms with Crippen molar-refractivity contribution in [3.63, 3.8) is 0 Å².